The van der Waals surface area contributed by atoms with E-state index in [-0.39, 0.29) is 5.91 Å². The highest BCUT2D eigenvalue weighted by Crippen LogP contribution is 2.37. The van der Waals surface area contributed by atoms with E-state index in [9.17, 15) is 4.79 Å². The molecule has 1 aromatic heterocycles. The number of amides is 1. The Balaban J connectivity index is 1.51. The highest BCUT2D eigenvalue weighted by Gasteiger charge is 2.40. The molecular formula is C23H32N4O3S. The monoisotopic (exact) mass is 444 g/mol. The number of ether oxygens (including phenoxy) is 2. The molecule has 1 unspecified atom stereocenters. The largest absolute Gasteiger partial charge is 0.381 e. The Bertz CT molecular complexity index is 881. The lowest BCUT2D eigenvalue weighted by molar-refractivity contribution is -0.131. The summed E-state index contributed by atoms with van der Waals surface area (Å²) in [6, 6.07) is 8.85. The van der Waals surface area contributed by atoms with Crippen LogP contribution in [0.3, 0.4) is 0 Å². The Morgan fingerprint density at radius 1 is 1.35 bits per heavy atom. The Morgan fingerprint density at radius 3 is 2.97 bits per heavy atom. The first-order valence-electron chi connectivity index (χ1n) is 11.1. The van der Waals surface area contributed by atoms with Crippen molar-refractivity contribution in [1.82, 2.24) is 15.1 Å². The lowest BCUT2D eigenvalue weighted by Crippen LogP contribution is -2.42. The van der Waals surface area contributed by atoms with Gasteiger partial charge in [-0.15, -0.1) is 10.2 Å². The van der Waals surface area contributed by atoms with Crippen LogP contribution < -0.4 is 5.32 Å². The van der Waals surface area contributed by atoms with Gasteiger partial charge in [0.1, 0.15) is 11.6 Å². The van der Waals surface area contributed by atoms with Gasteiger partial charge in [-0.2, -0.15) is 0 Å². The van der Waals surface area contributed by atoms with Gasteiger partial charge in [0.15, 0.2) is 0 Å². The Kier molecular flexibility index (Phi) is 7.32. The molecule has 2 saturated heterocycles. The van der Waals surface area contributed by atoms with Gasteiger partial charge in [-0.1, -0.05) is 35.6 Å². The molecule has 2 aliphatic heterocycles. The zero-order chi connectivity index (χ0) is 21.7. The highest BCUT2D eigenvalue weighted by atomic mass is 32.1. The number of carbonyl (C=O) groups excluding carboxylic acids is 1. The number of benzene rings is 1. The fourth-order valence-corrected chi connectivity index (χ4v) is 5.46. The fraction of sp³-hybridized carbons (Fsp3) is 0.609. The molecule has 1 aromatic carbocycles. The van der Waals surface area contributed by atoms with E-state index < -0.39 is 5.41 Å². The summed E-state index contributed by atoms with van der Waals surface area (Å²) in [5, 5.41) is 12.5. The topological polar surface area (TPSA) is 76.6 Å². The number of piperidine rings is 1. The standard InChI is InChI=1S/C23H32N4O3S/c1-27-10-4-7-19(15-27)18-6-3-5-17(13-18)14-23(8-11-30-12-9-23)21(28)24-22-26-25-20(31-22)16-29-2/h3,5-6,13,19H,4,7-12,14-16H2,1-2H3,(H,24,26,28). The van der Waals surface area contributed by atoms with Gasteiger partial charge in [0, 0.05) is 26.9 Å². The van der Waals surface area contributed by atoms with E-state index in [1.807, 2.05) is 0 Å². The number of likely N-dealkylation sites (tertiary alicyclic amines) is 1. The average Bonchev–Trinajstić information content (AvgIpc) is 3.22. The van der Waals surface area contributed by atoms with Crippen molar-refractivity contribution in [2.24, 2.45) is 5.41 Å². The van der Waals surface area contributed by atoms with Crippen LogP contribution in [0.4, 0.5) is 5.13 Å². The van der Waals surface area contributed by atoms with Crippen molar-refractivity contribution in [3.63, 3.8) is 0 Å². The summed E-state index contributed by atoms with van der Waals surface area (Å²) >= 11 is 1.36. The van der Waals surface area contributed by atoms with Crippen molar-refractivity contribution >= 4 is 22.4 Å². The number of likely N-dealkylation sites (N-methyl/N-ethyl adjacent to an activating group) is 1. The van der Waals surface area contributed by atoms with E-state index in [0.717, 1.165) is 11.6 Å². The van der Waals surface area contributed by atoms with Gasteiger partial charge in [-0.3, -0.25) is 4.79 Å². The maximum Gasteiger partial charge on any atom is 0.232 e. The van der Waals surface area contributed by atoms with Gasteiger partial charge in [-0.25, -0.2) is 0 Å². The fourth-order valence-electron chi connectivity index (χ4n) is 4.75. The lowest BCUT2D eigenvalue weighted by Gasteiger charge is -2.36. The molecule has 1 N–H and O–H groups in total. The van der Waals surface area contributed by atoms with Crippen molar-refractivity contribution in [2.45, 2.75) is 44.6 Å². The van der Waals surface area contributed by atoms with E-state index in [0.29, 0.717) is 50.1 Å². The molecule has 1 amide bonds. The molecule has 2 fully saturated rings. The first-order chi connectivity index (χ1) is 15.1. The summed E-state index contributed by atoms with van der Waals surface area (Å²) in [6.07, 6.45) is 4.59. The normalized spacial score (nSPS) is 21.7. The third kappa shape index (κ3) is 5.49. The van der Waals surface area contributed by atoms with Crippen LogP contribution in [-0.4, -0.2) is 61.5 Å². The Morgan fingerprint density at radius 2 is 2.19 bits per heavy atom. The highest BCUT2D eigenvalue weighted by molar-refractivity contribution is 7.15. The second-order valence-corrected chi connectivity index (χ2v) is 9.87. The molecule has 2 aromatic rings. The molecule has 2 aliphatic rings. The molecule has 31 heavy (non-hydrogen) atoms. The Labute approximate surface area is 188 Å². The van der Waals surface area contributed by atoms with Crippen LogP contribution in [-0.2, 0) is 27.3 Å². The number of nitrogens with one attached hydrogen (secondary N) is 1. The molecule has 168 valence electrons. The number of anilines is 1. The van der Waals surface area contributed by atoms with E-state index in [1.54, 1.807) is 7.11 Å². The molecule has 4 rings (SSSR count). The minimum atomic E-state index is -0.493. The number of hydrogen-bond donors (Lipinski definition) is 1. The number of carbonyl (C=O) groups is 1. The molecule has 1 atom stereocenters. The number of aromatic nitrogens is 2. The molecule has 0 aliphatic carbocycles. The first-order valence-corrected chi connectivity index (χ1v) is 11.9. The maximum absolute atomic E-state index is 13.4. The van der Waals surface area contributed by atoms with E-state index >= 15 is 0 Å². The van der Waals surface area contributed by atoms with Crippen LogP contribution in [0.15, 0.2) is 24.3 Å². The van der Waals surface area contributed by atoms with Gasteiger partial charge in [0.25, 0.3) is 0 Å². The summed E-state index contributed by atoms with van der Waals surface area (Å²) in [7, 11) is 3.82. The van der Waals surface area contributed by atoms with Crippen molar-refractivity contribution in [3.8, 4) is 0 Å². The molecule has 0 radical (unpaired) electrons. The van der Waals surface area contributed by atoms with Crippen LogP contribution in [0, 0.1) is 5.41 Å². The van der Waals surface area contributed by atoms with Gasteiger partial charge in [-0.05, 0) is 62.7 Å². The second-order valence-electron chi connectivity index (χ2n) is 8.80. The quantitative estimate of drug-likeness (QED) is 0.705. The number of rotatable bonds is 7. The van der Waals surface area contributed by atoms with Crippen LogP contribution >= 0.6 is 11.3 Å². The van der Waals surface area contributed by atoms with Gasteiger partial charge in [0.05, 0.1) is 5.41 Å². The molecule has 8 heteroatoms. The summed E-state index contributed by atoms with van der Waals surface area (Å²) in [6.45, 7) is 3.88. The molecule has 3 heterocycles. The van der Waals surface area contributed by atoms with Crippen LogP contribution in [0.2, 0.25) is 0 Å². The molecule has 0 bridgehead atoms. The van der Waals surface area contributed by atoms with E-state index in [1.165, 1.54) is 41.9 Å². The lowest BCUT2D eigenvalue weighted by atomic mass is 9.74. The third-order valence-corrected chi connectivity index (χ3v) is 7.29. The molecule has 0 spiro atoms. The minimum Gasteiger partial charge on any atom is -0.381 e. The first kappa shape index (κ1) is 22.3. The van der Waals surface area contributed by atoms with E-state index in [2.05, 4.69) is 51.7 Å². The molecule has 7 nitrogen and oxygen atoms in total. The minimum absolute atomic E-state index is 0.0127. The van der Waals surface area contributed by atoms with Gasteiger partial charge >= 0.3 is 0 Å². The maximum atomic E-state index is 13.4. The van der Waals surface area contributed by atoms with Gasteiger partial charge in [0.2, 0.25) is 11.0 Å². The van der Waals surface area contributed by atoms with Crippen LogP contribution in [0.5, 0.6) is 0 Å². The zero-order valence-electron chi connectivity index (χ0n) is 18.4. The second kappa shape index (κ2) is 10.2. The summed E-state index contributed by atoms with van der Waals surface area (Å²) in [5.41, 5.74) is 2.12. The zero-order valence-corrected chi connectivity index (χ0v) is 19.2. The third-order valence-electron chi connectivity index (χ3n) is 6.48. The SMILES string of the molecule is COCc1nnc(NC(=O)C2(Cc3cccc(C4CCCN(C)C4)c3)CCOCC2)s1. The van der Waals surface area contributed by atoms with Crippen molar-refractivity contribution in [3.05, 3.63) is 40.4 Å². The molecule has 0 saturated carbocycles. The number of nitrogens with zero attached hydrogens (tertiary/aromatic N) is 3. The summed E-state index contributed by atoms with van der Waals surface area (Å²) in [5.74, 6) is 0.581. The summed E-state index contributed by atoms with van der Waals surface area (Å²) < 4.78 is 10.7. The molecular weight excluding hydrogens is 412 g/mol. The van der Waals surface area contributed by atoms with Crippen LogP contribution in [0.25, 0.3) is 0 Å². The van der Waals surface area contributed by atoms with Gasteiger partial charge < -0.3 is 19.7 Å². The summed E-state index contributed by atoms with van der Waals surface area (Å²) in [4.78, 5) is 15.8. The average molecular weight is 445 g/mol. The van der Waals surface area contributed by atoms with Crippen molar-refractivity contribution < 1.29 is 14.3 Å². The smallest absolute Gasteiger partial charge is 0.232 e. The number of hydrogen-bond acceptors (Lipinski definition) is 7. The predicted octanol–water partition coefficient (Wildman–Crippen LogP) is 3.47. The van der Waals surface area contributed by atoms with E-state index in [4.69, 9.17) is 9.47 Å². The number of methoxy groups -OCH3 is 1. The predicted molar refractivity (Wildman–Crippen MR) is 121 cm³/mol. The Hall–Kier alpha value is -1.87. The van der Waals surface area contributed by atoms with Crippen LogP contribution in [0.1, 0.15) is 47.7 Å². The van der Waals surface area contributed by atoms with Crippen molar-refractivity contribution in [2.75, 3.05) is 45.8 Å². The van der Waals surface area contributed by atoms with Crippen molar-refractivity contribution in [1.29, 1.82) is 0 Å².